The Morgan fingerprint density at radius 2 is 1.92 bits per heavy atom. The highest BCUT2D eigenvalue weighted by Crippen LogP contribution is 2.37. The van der Waals surface area contributed by atoms with Gasteiger partial charge in [0.15, 0.2) is 17.5 Å². The first-order valence-corrected chi connectivity index (χ1v) is 10.4. The molecule has 1 aromatic rings. The van der Waals surface area contributed by atoms with Crippen molar-refractivity contribution >= 4 is 27.5 Å². The van der Waals surface area contributed by atoms with E-state index >= 15 is 0 Å². The second-order valence-corrected chi connectivity index (χ2v) is 8.16. The molecule has 1 aliphatic rings. The third-order valence-corrected chi connectivity index (χ3v) is 5.63. The van der Waals surface area contributed by atoms with Crippen LogP contribution < -0.4 is 10.5 Å². The smallest absolute Gasteiger partial charge is 0.243 e. The average Bonchev–Trinajstić information content (AvgIpc) is 2.53. The zero-order valence-electron chi connectivity index (χ0n) is 13.7. The van der Waals surface area contributed by atoms with Gasteiger partial charge in [-0.15, -0.1) is 11.8 Å². The fraction of sp³-hybridized carbons (Fsp3) is 0.375. The molecule has 144 valence electrons. The summed E-state index contributed by atoms with van der Waals surface area (Å²) in [5.74, 6) is -4.73. The van der Waals surface area contributed by atoms with Crippen LogP contribution >= 0.6 is 11.8 Å². The number of sulfonamides is 1. The van der Waals surface area contributed by atoms with Gasteiger partial charge in [-0.25, -0.2) is 26.7 Å². The van der Waals surface area contributed by atoms with E-state index < -0.39 is 49.0 Å². The Bertz CT molecular complexity index is 827. The van der Waals surface area contributed by atoms with Crippen LogP contribution in [0.5, 0.6) is 0 Å². The zero-order valence-corrected chi connectivity index (χ0v) is 15.3. The Morgan fingerprint density at radius 1 is 1.19 bits per heavy atom. The molecule has 4 N–H and O–H groups in total. The minimum atomic E-state index is -4.73. The van der Waals surface area contributed by atoms with Crippen molar-refractivity contribution in [1.82, 2.24) is 0 Å². The number of benzene rings is 1. The summed E-state index contributed by atoms with van der Waals surface area (Å²) < 4.78 is 66.9. The molecule has 0 saturated heterocycles. The van der Waals surface area contributed by atoms with Gasteiger partial charge in [-0.05, 0) is 19.3 Å². The first-order chi connectivity index (χ1) is 12.3. The van der Waals surface area contributed by atoms with Gasteiger partial charge in [-0.2, -0.15) is 0 Å². The molecule has 1 aliphatic carbocycles. The lowest BCUT2D eigenvalue weighted by atomic mass is 10.1. The molecule has 0 saturated carbocycles. The minimum Gasteiger partial charge on any atom is -0.396 e. The van der Waals surface area contributed by atoms with E-state index in [4.69, 9.17) is 10.2 Å². The molecule has 1 aromatic carbocycles. The highest BCUT2D eigenvalue weighted by molar-refractivity contribution is 7.99. The molecule has 0 spiro atoms. The van der Waals surface area contributed by atoms with Gasteiger partial charge in [-0.1, -0.05) is 24.3 Å². The lowest BCUT2D eigenvalue weighted by Gasteiger charge is -2.21. The van der Waals surface area contributed by atoms with E-state index in [1.165, 1.54) is 0 Å². The van der Waals surface area contributed by atoms with Crippen LogP contribution in [0.25, 0.3) is 0 Å². The van der Waals surface area contributed by atoms with Gasteiger partial charge in [0.25, 0.3) is 0 Å². The molecule has 0 fully saturated rings. The quantitative estimate of drug-likeness (QED) is 0.382. The molecule has 2 rings (SSSR count). The first kappa shape index (κ1) is 20.8. The zero-order chi connectivity index (χ0) is 19.3. The Balaban J connectivity index is 2.56. The first-order valence-electron chi connectivity index (χ1n) is 7.82. The molecule has 0 bridgehead atoms. The Morgan fingerprint density at radius 3 is 2.58 bits per heavy atom. The molecule has 0 unspecified atom stereocenters. The van der Waals surface area contributed by atoms with Crippen molar-refractivity contribution < 1.29 is 26.7 Å². The fourth-order valence-electron chi connectivity index (χ4n) is 2.50. The molecular weight excluding hydrogens is 389 g/mol. The molecule has 1 atom stereocenters. The molecule has 0 heterocycles. The molecule has 26 heavy (non-hydrogen) atoms. The van der Waals surface area contributed by atoms with E-state index in [-0.39, 0.29) is 12.4 Å². The average molecular weight is 408 g/mol. The number of rotatable bonds is 6. The Kier molecular flexibility index (Phi) is 7.16. The van der Waals surface area contributed by atoms with Crippen LogP contribution in [0.4, 0.5) is 18.9 Å². The summed E-state index contributed by atoms with van der Waals surface area (Å²) in [7, 11) is -4.73. The van der Waals surface area contributed by atoms with Crippen molar-refractivity contribution in [3.05, 3.63) is 41.8 Å². The number of aliphatic hydroxyl groups excluding tert-OH is 1. The van der Waals surface area contributed by atoms with Crippen molar-refractivity contribution in [2.75, 3.05) is 17.7 Å². The van der Waals surface area contributed by atoms with E-state index in [2.05, 4.69) is 5.32 Å². The lowest BCUT2D eigenvalue weighted by molar-refractivity contribution is 0.322. The van der Waals surface area contributed by atoms with Crippen LogP contribution in [-0.4, -0.2) is 31.9 Å². The number of thioether (sulfide) groups is 1. The van der Waals surface area contributed by atoms with Gasteiger partial charge in [0, 0.05) is 11.8 Å². The number of nitrogens with two attached hydrogens (primary N) is 1. The lowest BCUT2D eigenvalue weighted by Crippen LogP contribution is -2.24. The number of halogens is 3. The van der Waals surface area contributed by atoms with Gasteiger partial charge in [0.05, 0.1) is 17.2 Å². The van der Waals surface area contributed by atoms with Crippen molar-refractivity contribution in [3.63, 3.8) is 0 Å². The molecule has 0 amide bonds. The maximum Gasteiger partial charge on any atom is 0.243 e. The fourth-order valence-corrected chi connectivity index (χ4v) is 4.02. The van der Waals surface area contributed by atoms with E-state index in [1.54, 1.807) is 12.2 Å². The molecule has 10 heteroatoms. The second kappa shape index (κ2) is 8.94. The largest absolute Gasteiger partial charge is 0.396 e. The minimum absolute atomic E-state index is 0.0877. The number of nitrogens with one attached hydrogen (secondary N) is 1. The van der Waals surface area contributed by atoms with Gasteiger partial charge in [-0.3, -0.25) is 0 Å². The van der Waals surface area contributed by atoms with Crippen LogP contribution in [-0.2, 0) is 10.0 Å². The normalized spacial score (nSPS) is 20.3. The maximum absolute atomic E-state index is 14.8. The van der Waals surface area contributed by atoms with Crippen LogP contribution in [0.3, 0.4) is 0 Å². The predicted octanol–water partition coefficient (Wildman–Crippen LogP) is 2.91. The summed E-state index contributed by atoms with van der Waals surface area (Å²) in [6.07, 6.45) is 9.16. The standard InChI is InChI=1S/C16H19F3N2O3S2/c17-11-12(18)16(26(20,23)24)14(13(19)15(11)25-9-8-22)21-10-6-4-2-1-3-5-7-10/h1-2,5,7,10,21-22H,3-4,6,8-9H2,(H2,20,23,24)/b2-1-,7-5-/t10-/m0/s1. The number of hydrogen-bond acceptors (Lipinski definition) is 5. The Hall–Kier alpha value is -1.49. The number of allylic oxidation sites excluding steroid dienone is 3. The highest BCUT2D eigenvalue weighted by Gasteiger charge is 2.31. The van der Waals surface area contributed by atoms with E-state index in [9.17, 15) is 21.6 Å². The molecular formula is C16H19F3N2O3S2. The van der Waals surface area contributed by atoms with Gasteiger partial charge in [0.2, 0.25) is 10.0 Å². The summed E-state index contributed by atoms with van der Waals surface area (Å²) in [5, 5.41) is 16.5. The molecule has 0 aromatic heterocycles. The topological polar surface area (TPSA) is 92.4 Å². The van der Waals surface area contributed by atoms with E-state index in [0.29, 0.717) is 31.0 Å². The summed E-state index contributed by atoms with van der Waals surface area (Å²) in [6.45, 7) is -0.386. The van der Waals surface area contributed by atoms with Crippen LogP contribution in [0.1, 0.15) is 19.3 Å². The van der Waals surface area contributed by atoms with Crippen LogP contribution in [0.15, 0.2) is 34.1 Å². The van der Waals surface area contributed by atoms with E-state index in [1.807, 2.05) is 12.2 Å². The van der Waals surface area contributed by atoms with E-state index in [0.717, 1.165) is 0 Å². The maximum atomic E-state index is 14.8. The van der Waals surface area contributed by atoms with Crippen LogP contribution in [0.2, 0.25) is 0 Å². The Labute approximate surface area is 154 Å². The van der Waals surface area contributed by atoms with Crippen LogP contribution in [0, 0.1) is 17.5 Å². The summed E-state index contributed by atoms with van der Waals surface area (Å²) >= 11 is 0.546. The van der Waals surface area contributed by atoms with Gasteiger partial charge >= 0.3 is 0 Å². The third kappa shape index (κ3) is 4.81. The number of anilines is 1. The summed E-state index contributed by atoms with van der Waals surface area (Å²) in [6, 6.07) is -0.490. The predicted molar refractivity (Wildman–Crippen MR) is 95.0 cm³/mol. The van der Waals surface area contributed by atoms with Gasteiger partial charge in [0.1, 0.15) is 4.90 Å². The highest BCUT2D eigenvalue weighted by atomic mass is 32.2. The van der Waals surface area contributed by atoms with Crippen molar-refractivity contribution in [2.24, 2.45) is 5.14 Å². The number of hydrogen-bond donors (Lipinski definition) is 3. The second-order valence-electron chi connectivity index (χ2n) is 5.56. The van der Waals surface area contributed by atoms with Crippen molar-refractivity contribution in [3.8, 4) is 0 Å². The number of aliphatic hydroxyl groups is 1. The molecule has 0 aliphatic heterocycles. The van der Waals surface area contributed by atoms with Crippen molar-refractivity contribution in [2.45, 2.75) is 35.1 Å². The SMILES string of the molecule is NS(=O)(=O)c1c(F)c(F)c(SCCO)c(F)c1N[C@@H]1/C=C\C/C=C\CC1. The summed E-state index contributed by atoms with van der Waals surface area (Å²) in [5.41, 5.74) is -0.703. The third-order valence-electron chi connectivity index (χ3n) is 3.64. The molecule has 0 radical (unpaired) electrons. The summed E-state index contributed by atoms with van der Waals surface area (Å²) in [4.78, 5) is -1.95. The number of primary sulfonamides is 1. The van der Waals surface area contributed by atoms with Crippen molar-refractivity contribution in [1.29, 1.82) is 0 Å². The monoisotopic (exact) mass is 408 g/mol. The van der Waals surface area contributed by atoms with Gasteiger partial charge < -0.3 is 10.4 Å². The molecule has 5 nitrogen and oxygen atoms in total.